The molecule has 1 aliphatic heterocycles. The molecule has 2 aromatic heterocycles. The van der Waals surface area contributed by atoms with Crippen LogP contribution in [0.25, 0.3) is 11.0 Å². The number of anilines is 1. The Morgan fingerprint density at radius 3 is 2.88 bits per heavy atom. The molecular weight excluding hydrogens is 320 g/mol. The molecule has 0 saturated carbocycles. The Balaban J connectivity index is 2.19. The Bertz CT molecular complexity index is 801. The highest BCUT2D eigenvalue weighted by Crippen LogP contribution is 2.35. The quantitative estimate of drug-likeness (QED) is 0.792. The van der Waals surface area contributed by atoms with Gasteiger partial charge in [-0.1, -0.05) is 6.92 Å². The van der Waals surface area contributed by atoms with Crippen molar-refractivity contribution in [3.05, 3.63) is 17.5 Å². The summed E-state index contributed by atoms with van der Waals surface area (Å²) in [6.45, 7) is 10.4. The highest BCUT2D eigenvalue weighted by atomic mass is 16.5. The highest BCUT2D eigenvalue weighted by Gasteiger charge is 2.34. The number of ether oxygens (including phenoxy) is 2. The summed E-state index contributed by atoms with van der Waals surface area (Å²) < 4.78 is 13.0. The van der Waals surface area contributed by atoms with E-state index in [0.29, 0.717) is 25.3 Å². The maximum Gasteiger partial charge on any atom is 0.341 e. The Morgan fingerprint density at radius 2 is 2.20 bits per heavy atom. The van der Waals surface area contributed by atoms with Crippen molar-refractivity contribution in [3.8, 4) is 0 Å². The molecule has 1 saturated heterocycles. The van der Waals surface area contributed by atoms with Crippen LogP contribution in [0.1, 0.15) is 43.2 Å². The van der Waals surface area contributed by atoms with Gasteiger partial charge in [0.2, 0.25) is 0 Å². The van der Waals surface area contributed by atoms with Gasteiger partial charge in [0, 0.05) is 26.3 Å². The number of morpholine rings is 1. The van der Waals surface area contributed by atoms with E-state index in [1.54, 1.807) is 10.9 Å². The lowest BCUT2D eigenvalue weighted by molar-refractivity contribution is -0.0441. The van der Waals surface area contributed by atoms with Crippen molar-refractivity contribution in [2.45, 2.75) is 39.7 Å². The van der Waals surface area contributed by atoms with Crippen molar-refractivity contribution < 1.29 is 14.3 Å². The summed E-state index contributed by atoms with van der Waals surface area (Å²) in [6, 6.07) is 0. The Morgan fingerprint density at radius 1 is 1.44 bits per heavy atom. The summed E-state index contributed by atoms with van der Waals surface area (Å²) in [5, 5.41) is 5.40. The zero-order valence-electron chi connectivity index (χ0n) is 15.6. The van der Waals surface area contributed by atoms with Crippen LogP contribution < -0.4 is 4.90 Å². The van der Waals surface area contributed by atoms with Crippen LogP contribution in [0.2, 0.25) is 0 Å². The molecule has 7 nitrogen and oxygen atoms in total. The van der Waals surface area contributed by atoms with Gasteiger partial charge < -0.3 is 14.4 Å². The van der Waals surface area contributed by atoms with Crippen molar-refractivity contribution >= 4 is 22.7 Å². The second-order valence-electron chi connectivity index (χ2n) is 6.72. The summed E-state index contributed by atoms with van der Waals surface area (Å²) >= 11 is 0. The Labute approximate surface area is 147 Å². The number of carbonyl (C=O) groups excluding carboxylic acids is 1. The van der Waals surface area contributed by atoms with Gasteiger partial charge in [0.15, 0.2) is 5.65 Å². The van der Waals surface area contributed by atoms with Crippen molar-refractivity contribution in [2.24, 2.45) is 7.05 Å². The summed E-state index contributed by atoms with van der Waals surface area (Å²) in [5.74, 6) is -0.347. The second-order valence-corrected chi connectivity index (χ2v) is 6.72. The molecule has 1 aliphatic rings. The van der Waals surface area contributed by atoms with Crippen LogP contribution >= 0.6 is 0 Å². The maximum atomic E-state index is 12.6. The molecule has 0 amide bonds. The molecule has 3 heterocycles. The Kier molecular flexibility index (Phi) is 4.69. The molecule has 2 aromatic rings. The van der Waals surface area contributed by atoms with Gasteiger partial charge in [-0.3, -0.25) is 4.68 Å². The van der Waals surface area contributed by atoms with E-state index in [4.69, 9.17) is 9.47 Å². The third-order valence-electron chi connectivity index (χ3n) is 4.90. The molecule has 25 heavy (non-hydrogen) atoms. The van der Waals surface area contributed by atoms with Gasteiger partial charge in [0.25, 0.3) is 0 Å². The smallest absolute Gasteiger partial charge is 0.341 e. The summed E-state index contributed by atoms with van der Waals surface area (Å²) in [4.78, 5) is 19.2. The first-order chi connectivity index (χ1) is 11.9. The molecule has 136 valence electrons. The molecule has 0 aromatic carbocycles. The average molecular weight is 346 g/mol. The third kappa shape index (κ3) is 3.08. The number of aryl methyl sites for hydroxylation is 2. The number of hydrogen-bond acceptors (Lipinski definition) is 6. The summed E-state index contributed by atoms with van der Waals surface area (Å²) in [6.07, 6.45) is 2.51. The van der Waals surface area contributed by atoms with E-state index in [2.05, 4.69) is 28.8 Å². The first kappa shape index (κ1) is 17.7. The van der Waals surface area contributed by atoms with Crippen molar-refractivity contribution in [2.75, 3.05) is 31.2 Å². The van der Waals surface area contributed by atoms with E-state index in [0.717, 1.165) is 35.4 Å². The van der Waals surface area contributed by atoms with Crippen LogP contribution in [-0.4, -0.2) is 52.6 Å². The van der Waals surface area contributed by atoms with Gasteiger partial charge in [-0.25, -0.2) is 9.78 Å². The lowest BCUT2D eigenvalue weighted by atomic mass is 9.99. The first-order valence-corrected chi connectivity index (χ1v) is 8.78. The highest BCUT2D eigenvalue weighted by molar-refractivity contribution is 6.05. The van der Waals surface area contributed by atoms with E-state index < -0.39 is 0 Å². The molecule has 0 N–H and O–H groups in total. The monoisotopic (exact) mass is 346 g/mol. The largest absolute Gasteiger partial charge is 0.462 e. The third-order valence-corrected chi connectivity index (χ3v) is 4.90. The lowest BCUT2D eigenvalue weighted by Gasteiger charge is -2.41. The number of fused-ring (bicyclic) bond motifs is 1. The first-order valence-electron chi connectivity index (χ1n) is 8.78. The molecule has 0 aliphatic carbocycles. The Hall–Kier alpha value is -2.15. The fourth-order valence-electron chi connectivity index (χ4n) is 3.41. The van der Waals surface area contributed by atoms with Gasteiger partial charge in [-0.15, -0.1) is 0 Å². The minimum absolute atomic E-state index is 0.240. The van der Waals surface area contributed by atoms with Crippen LogP contribution in [0.15, 0.2) is 6.20 Å². The van der Waals surface area contributed by atoms with E-state index in [9.17, 15) is 4.79 Å². The van der Waals surface area contributed by atoms with Crippen LogP contribution in [0, 0.1) is 6.92 Å². The van der Waals surface area contributed by atoms with Gasteiger partial charge >= 0.3 is 5.97 Å². The van der Waals surface area contributed by atoms with Gasteiger partial charge in [-0.2, -0.15) is 5.10 Å². The molecule has 1 atom stereocenters. The normalized spacial score (nSPS) is 20.9. The topological polar surface area (TPSA) is 69.5 Å². The molecule has 0 bridgehead atoms. The van der Waals surface area contributed by atoms with Gasteiger partial charge in [0.1, 0.15) is 5.56 Å². The summed E-state index contributed by atoms with van der Waals surface area (Å²) in [7, 11) is 1.87. The SMILES string of the molecule is CCOC(=O)c1cnc2c(c(C)nn2C)c1N1CCOC(C)(CC)C1. The zero-order chi connectivity index (χ0) is 18.2. The second kappa shape index (κ2) is 6.63. The number of aromatic nitrogens is 3. The molecule has 1 unspecified atom stereocenters. The molecule has 0 radical (unpaired) electrons. The number of carbonyl (C=O) groups is 1. The fourth-order valence-corrected chi connectivity index (χ4v) is 3.41. The molecule has 3 rings (SSSR count). The predicted octanol–water partition coefficient (Wildman–Crippen LogP) is 2.46. The van der Waals surface area contributed by atoms with E-state index in [1.165, 1.54) is 0 Å². The maximum absolute atomic E-state index is 12.6. The average Bonchev–Trinajstić information content (AvgIpc) is 2.89. The van der Waals surface area contributed by atoms with Crippen LogP contribution in [-0.2, 0) is 16.5 Å². The minimum Gasteiger partial charge on any atom is -0.462 e. The van der Waals surface area contributed by atoms with Gasteiger partial charge in [-0.05, 0) is 27.2 Å². The zero-order valence-corrected chi connectivity index (χ0v) is 15.6. The number of pyridine rings is 1. The lowest BCUT2D eigenvalue weighted by Crippen LogP contribution is -2.50. The van der Waals surface area contributed by atoms with Crippen molar-refractivity contribution in [1.29, 1.82) is 0 Å². The fraction of sp³-hybridized carbons (Fsp3) is 0.611. The van der Waals surface area contributed by atoms with Crippen molar-refractivity contribution in [1.82, 2.24) is 14.8 Å². The molecule has 7 heteroatoms. The van der Waals surface area contributed by atoms with Crippen LogP contribution in [0.5, 0.6) is 0 Å². The van der Waals surface area contributed by atoms with Crippen LogP contribution in [0.4, 0.5) is 5.69 Å². The molecule has 0 spiro atoms. The van der Waals surface area contributed by atoms with Crippen LogP contribution in [0.3, 0.4) is 0 Å². The van der Waals surface area contributed by atoms with Crippen molar-refractivity contribution in [3.63, 3.8) is 0 Å². The molecule has 1 fully saturated rings. The standard InChI is InChI=1S/C18H26N4O3/c1-6-18(4)11-22(8-9-25-18)15-13(17(23)24-7-2)10-19-16-14(15)12(3)20-21(16)5/h10H,6-9,11H2,1-5H3. The van der Waals surface area contributed by atoms with Gasteiger partial charge in [0.05, 0.1) is 35.6 Å². The van der Waals surface area contributed by atoms with E-state index >= 15 is 0 Å². The predicted molar refractivity (Wildman–Crippen MR) is 96.1 cm³/mol. The van der Waals surface area contributed by atoms with E-state index in [-0.39, 0.29) is 11.6 Å². The van der Waals surface area contributed by atoms with E-state index in [1.807, 2.05) is 20.9 Å². The number of hydrogen-bond donors (Lipinski definition) is 0. The number of nitrogens with zero attached hydrogens (tertiary/aromatic N) is 4. The number of esters is 1. The number of rotatable bonds is 4. The minimum atomic E-state index is -0.347. The summed E-state index contributed by atoms with van der Waals surface area (Å²) in [5.41, 5.74) is 2.74. The molecular formula is C18H26N4O3.